The zero-order valence-electron chi connectivity index (χ0n) is 10.7. The third-order valence-corrected chi connectivity index (χ3v) is 2.70. The van der Waals surface area contributed by atoms with Gasteiger partial charge in [-0.1, -0.05) is 35.4 Å². The summed E-state index contributed by atoms with van der Waals surface area (Å²) in [5.74, 6) is 0.0782. The topological polar surface area (TPSA) is 96.0 Å². The van der Waals surface area contributed by atoms with Crippen molar-refractivity contribution in [3.63, 3.8) is 0 Å². The summed E-state index contributed by atoms with van der Waals surface area (Å²) in [7, 11) is 0. The average molecular weight is 283 g/mol. The van der Waals surface area contributed by atoms with Crippen LogP contribution in [0.3, 0.4) is 0 Å². The molecule has 0 aliphatic heterocycles. The smallest absolute Gasteiger partial charge is 0.346 e. The summed E-state index contributed by atoms with van der Waals surface area (Å²) >= 11 is 0. The third kappa shape index (κ3) is 2.54. The van der Waals surface area contributed by atoms with Gasteiger partial charge in [-0.15, -0.1) is 0 Å². The van der Waals surface area contributed by atoms with Crippen molar-refractivity contribution in [2.24, 2.45) is 0 Å². The van der Waals surface area contributed by atoms with E-state index in [2.05, 4.69) is 15.5 Å². The maximum Gasteiger partial charge on any atom is 0.346 e. The van der Waals surface area contributed by atoms with Crippen molar-refractivity contribution < 1.29 is 9.66 Å². The lowest BCUT2D eigenvalue weighted by atomic mass is 10.3. The summed E-state index contributed by atoms with van der Waals surface area (Å²) in [6, 6.07) is 15.2. The predicted octanol–water partition coefficient (Wildman–Crippen LogP) is 2.36. The van der Waals surface area contributed by atoms with E-state index in [1.165, 1.54) is 16.8 Å². The molecule has 0 aliphatic carbocycles. The van der Waals surface area contributed by atoms with Gasteiger partial charge >= 0.3 is 11.7 Å². The number of benzene rings is 2. The van der Waals surface area contributed by atoms with Crippen molar-refractivity contribution in [3.8, 4) is 17.4 Å². The molecular formula is C13H9N5O3. The van der Waals surface area contributed by atoms with Gasteiger partial charge in [0, 0.05) is 6.07 Å². The molecule has 2 aromatic carbocycles. The number of tetrazole rings is 1. The van der Waals surface area contributed by atoms with E-state index in [4.69, 9.17) is 4.74 Å². The summed E-state index contributed by atoms with van der Waals surface area (Å²) < 4.78 is 6.84. The van der Waals surface area contributed by atoms with Crippen LogP contribution in [-0.4, -0.2) is 25.1 Å². The lowest BCUT2D eigenvalue weighted by Gasteiger charge is -2.06. The Kier molecular flexibility index (Phi) is 3.26. The second-order valence-corrected chi connectivity index (χ2v) is 4.04. The standard InChI is InChI=1S/C13H9N5O3/c19-18(20)11-8-4-5-9-12(11)21-13-14-15-16-17(13)10-6-2-1-3-7-10/h1-9H. The molecule has 0 unspecified atom stereocenters. The van der Waals surface area contributed by atoms with Gasteiger partial charge < -0.3 is 4.74 Å². The minimum absolute atomic E-state index is 0.0514. The molecule has 8 nitrogen and oxygen atoms in total. The fraction of sp³-hybridized carbons (Fsp3) is 0. The molecule has 0 bridgehead atoms. The van der Waals surface area contributed by atoms with Gasteiger partial charge in [0.15, 0.2) is 0 Å². The Hall–Kier alpha value is -3.29. The van der Waals surface area contributed by atoms with Crippen molar-refractivity contribution >= 4 is 5.69 Å². The van der Waals surface area contributed by atoms with Gasteiger partial charge in [0.1, 0.15) is 0 Å². The highest BCUT2D eigenvalue weighted by Gasteiger charge is 2.18. The molecule has 0 saturated heterocycles. The summed E-state index contributed by atoms with van der Waals surface area (Å²) in [6.07, 6.45) is 0. The molecule has 8 heteroatoms. The van der Waals surface area contributed by atoms with Crippen LogP contribution in [0.2, 0.25) is 0 Å². The summed E-state index contributed by atoms with van der Waals surface area (Å²) in [4.78, 5) is 10.5. The van der Waals surface area contributed by atoms with E-state index in [-0.39, 0.29) is 17.4 Å². The zero-order valence-corrected chi connectivity index (χ0v) is 10.7. The van der Waals surface area contributed by atoms with Crippen LogP contribution < -0.4 is 4.74 Å². The largest absolute Gasteiger partial charge is 0.416 e. The van der Waals surface area contributed by atoms with Gasteiger partial charge in [-0.25, -0.2) is 0 Å². The quantitative estimate of drug-likeness (QED) is 0.538. The molecule has 1 heterocycles. The van der Waals surface area contributed by atoms with Crippen LogP contribution in [0.4, 0.5) is 5.69 Å². The molecule has 3 rings (SSSR count). The monoisotopic (exact) mass is 283 g/mol. The molecule has 0 spiro atoms. The fourth-order valence-corrected chi connectivity index (χ4v) is 1.77. The van der Waals surface area contributed by atoms with Gasteiger partial charge in [-0.05, 0) is 28.6 Å². The highest BCUT2D eigenvalue weighted by Crippen LogP contribution is 2.30. The normalized spacial score (nSPS) is 10.3. The summed E-state index contributed by atoms with van der Waals surface area (Å²) in [5.41, 5.74) is 0.538. The molecule has 0 amide bonds. The highest BCUT2D eigenvalue weighted by molar-refractivity contribution is 5.47. The number of aromatic nitrogens is 4. The third-order valence-electron chi connectivity index (χ3n) is 2.70. The number of nitro benzene ring substituents is 1. The number of ether oxygens (including phenoxy) is 1. The molecule has 0 fully saturated rings. The number of hydrogen-bond acceptors (Lipinski definition) is 6. The maximum absolute atomic E-state index is 11.0. The van der Waals surface area contributed by atoms with Crippen molar-refractivity contribution in [1.29, 1.82) is 0 Å². The summed E-state index contributed by atoms with van der Waals surface area (Å²) in [6.45, 7) is 0. The van der Waals surface area contributed by atoms with Gasteiger partial charge in [0.25, 0.3) is 0 Å². The van der Waals surface area contributed by atoms with Crippen LogP contribution in [0.1, 0.15) is 0 Å². The predicted molar refractivity (Wildman–Crippen MR) is 72.3 cm³/mol. The van der Waals surface area contributed by atoms with E-state index in [1.807, 2.05) is 18.2 Å². The maximum atomic E-state index is 11.0. The number of para-hydroxylation sites is 3. The zero-order chi connectivity index (χ0) is 14.7. The van der Waals surface area contributed by atoms with E-state index in [0.29, 0.717) is 5.69 Å². The lowest BCUT2D eigenvalue weighted by molar-refractivity contribution is -0.385. The molecule has 1 aromatic heterocycles. The average Bonchev–Trinajstić information content (AvgIpc) is 2.96. The van der Waals surface area contributed by atoms with Crippen molar-refractivity contribution in [2.75, 3.05) is 0 Å². The van der Waals surface area contributed by atoms with E-state index >= 15 is 0 Å². The first-order valence-corrected chi connectivity index (χ1v) is 6.01. The molecular weight excluding hydrogens is 274 g/mol. The van der Waals surface area contributed by atoms with E-state index in [1.54, 1.807) is 24.3 Å². The Labute approximate surface area is 118 Å². The second-order valence-electron chi connectivity index (χ2n) is 4.04. The molecule has 104 valence electrons. The van der Waals surface area contributed by atoms with Gasteiger partial charge in [-0.3, -0.25) is 10.1 Å². The van der Waals surface area contributed by atoms with Crippen LogP contribution in [0.5, 0.6) is 11.8 Å². The van der Waals surface area contributed by atoms with Crippen LogP contribution >= 0.6 is 0 Å². The first kappa shape index (κ1) is 12.7. The Bertz CT molecular complexity index is 772. The number of hydrogen-bond donors (Lipinski definition) is 0. The number of nitro groups is 1. The van der Waals surface area contributed by atoms with E-state index in [0.717, 1.165) is 0 Å². The van der Waals surface area contributed by atoms with E-state index < -0.39 is 4.92 Å². The fourth-order valence-electron chi connectivity index (χ4n) is 1.77. The first-order valence-electron chi connectivity index (χ1n) is 6.01. The molecule has 3 aromatic rings. The SMILES string of the molecule is O=[N+]([O-])c1ccccc1Oc1nnnn1-c1ccccc1. The van der Waals surface area contributed by atoms with Crippen molar-refractivity contribution in [1.82, 2.24) is 20.2 Å². The van der Waals surface area contributed by atoms with E-state index in [9.17, 15) is 10.1 Å². The molecule has 0 radical (unpaired) electrons. The van der Waals surface area contributed by atoms with Crippen molar-refractivity contribution in [3.05, 3.63) is 64.7 Å². The molecule has 0 aliphatic rings. The van der Waals surface area contributed by atoms with Gasteiger partial charge in [0.2, 0.25) is 5.75 Å². The number of nitrogens with zero attached hydrogens (tertiary/aromatic N) is 5. The molecule has 21 heavy (non-hydrogen) atoms. The van der Waals surface area contributed by atoms with Crippen LogP contribution in [0, 0.1) is 10.1 Å². The summed E-state index contributed by atoms with van der Waals surface area (Å²) in [5, 5.41) is 22.1. The Morgan fingerprint density at radius 3 is 2.52 bits per heavy atom. The number of rotatable bonds is 4. The first-order chi connectivity index (χ1) is 10.3. The van der Waals surface area contributed by atoms with Crippen molar-refractivity contribution in [2.45, 2.75) is 0 Å². The second kappa shape index (κ2) is 5.37. The van der Waals surface area contributed by atoms with Gasteiger partial charge in [0.05, 0.1) is 10.6 Å². The molecule has 0 N–H and O–H groups in total. The molecule has 0 saturated carbocycles. The van der Waals surface area contributed by atoms with Crippen LogP contribution in [0.25, 0.3) is 5.69 Å². The lowest BCUT2D eigenvalue weighted by Crippen LogP contribution is -2.01. The Balaban J connectivity index is 1.98. The molecule has 0 atom stereocenters. The van der Waals surface area contributed by atoms with Gasteiger partial charge in [-0.2, -0.15) is 4.68 Å². The highest BCUT2D eigenvalue weighted by atomic mass is 16.6. The minimum atomic E-state index is -0.522. The Morgan fingerprint density at radius 1 is 1.05 bits per heavy atom. The Morgan fingerprint density at radius 2 is 1.76 bits per heavy atom. The van der Waals surface area contributed by atoms with Crippen LogP contribution in [0.15, 0.2) is 54.6 Å². The van der Waals surface area contributed by atoms with Crippen LogP contribution in [-0.2, 0) is 0 Å². The minimum Gasteiger partial charge on any atom is -0.416 e.